The van der Waals surface area contributed by atoms with Gasteiger partial charge in [0.15, 0.2) is 0 Å². The molecule has 11 heavy (non-hydrogen) atoms. The van der Waals surface area contributed by atoms with E-state index in [0.717, 1.165) is 5.75 Å². The highest BCUT2D eigenvalue weighted by atomic mass is 33.1. The van der Waals surface area contributed by atoms with Gasteiger partial charge in [0.05, 0.1) is 0 Å². The Kier molecular flexibility index (Phi) is 7.46. The molecule has 0 saturated heterocycles. The maximum atomic E-state index is 10.4. The van der Waals surface area contributed by atoms with Gasteiger partial charge >= 0.3 is 5.97 Å². The quantitative estimate of drug-likeness (QED) is 0.268. The van der Waals surface area contributed by atoms with Crippen LogP contribution in [0.5, 0.6) is 0 Å². The molecule has 66 valence electrons. The predicted octanol–water partition coefficient (Wildman–Crippen LogP) is 1.28. The topological polar surface area (TPSA) is 49.3 Å². The minimum Gasteiger partial charge on any atom is -0.480 e. The average Bonchev–Trinajstić information content (AvgIpc) is 1.97. The Morgan fingerprint density at radius 1 is 1.82 bits per heavy atom. The minimum atomic E-state index is -0.857. The molecule has 0 aliphatic rings. The Bertz CT molecular complexity index is 122. The summed E-state index contributed by atoms with van der Waals surface area (Å²) >= 11 is 3.89. The van der Waals surface area contributed by atoms with E-state index in [4.69, 9.17) is 5.11 Å². The van der Waals surface area contributed by atoms with E-state index in [0.29, 0.717) is 5.75 Å². The third-order valence-corrected chi connectivity index (χ3v) is 3.30. The molecular formula is C5H11NO2S3. The summed E-state index contributed by atoms with van der Waals surface area (Å²) < 4.78 is 2.77. The van der Waals surface area contributed by atoms with Gasteiger partial charge in [-0.15, -0.1) is 0 Å². The molecule has 0 aromatic rings. The number of hydrogen-bond acceptors (Lipinski definition) is 5. The molecule has 1 atom stereocenters. The molecular weight excluding hydrogens is 202 g/mol. The zero-order valence-corrected chi connectivity index (χ0v) is 8.64. The molecule has 0 aliphatic heterocycles. The third-order valence-electron chi connectivity index (χ3n) is 0.848. The van der Waals surface area contributed by atoms with E-state index >= 15 is 0 Å². The van der Waals surface area contributed by atoms with Gasteiger partial charge in [-0.05, 0) is 11.0 Å². The first kappa shape index (κ1) is 11.5. The van der Waals surface area contributed by atoms with Crippen LogP contribution < -0.4 is 4.72 Å². The van der Waals surface area contributed by atoms with E-state index in [-0.39, 0.29) is 0 Å². The summed E-state index contributed by atoms with van der Waals surface area (Å²) in [5.41, 5.74) is 0. The Morgan fingerprint density at radius 3 is 2.82 bits per heavy atom. The second kappa shape index (κ2) is 7.15. The van der Waals surface area contributed by atoms with Gasteiger partial charge in [-0.25, -0.2) is 4.72 Å². The van der Waals surface area contributed by atoms with Crippen LogP contribution in [0.3, 0.4) is 0 Å². The number of thiol groups is 1. The van der Waals surface area contributed by atoms with Crippen LogP contribution in [0.1, 0.15) is 6.92 Å². The minimum absolute atomic E-state index is 0.312. The molecule has 1 unspecified atom stereocenters. The van der Waals surface area contributed by atoms with Crippen molar-refractivity contribution in [3.63, 3.8) is 0 Å². The number of carboxylic acid groups (broad SMARTS) is 1. The third kappa shape index (κ3) is 5.72. The Labute approximate surface area is 79.6 Å². The molecule has 2 N–H and O–H groups in total. The summed E-state index contributed by atoms with van der Waals surface area (Å²) in [6.45, 7) is 2.01. The van der Waals surface area contributed by atoms with Crippen molar-refractivity contribution >= 4 is 40.4 Å². The predicted molar refractivity (Wildman–Crippen MR) is 54.1 cm³/mol. The number of hydrogen-bond donors (Lipinski definition) is 3. The van der Waals surface area contributed by atoms with Crippen molar-refractivity contribution in [2.24, 2.45) is 0 Å². The maximum Gasteiger partial charge on any atom is 0.322 e. The van der Waals surface area contributed by atoms with Crippen molar-refractivity contribution in [1.29, 1.82) is 0 Å². The monoisotopic (exact) mass is 213 g/mol. The molecule has 0 heterocycles. The summed E-state index contributed by atoms with van der Waals surface area (Å²) in [6, 6.07) is -0.553. The standard InChI is InChI=1S/C5H11NO2S3/c1-2-10-11-6-4(3-9)5(7)8/h4,6,9H,2-3H2,1H3,(H,7,8). The van der Waals surface area contributed by atoms with Crippen LogP contribution in [0.15, 0.2) is 0 Å². The summed E-state index contributed by atoms with van der Waals surface area (Å²) in [7, 11) is 2.93. The van der Waals surface area contributed by atoms with E-state index in [1.807, 2.05) is 6.92 Å². The molecule has 0 radical (unpaired) electrons. The first-order chi connectivity index (χ1) is 5.22. The molecule has 0 aromatic heterocycles. The van der Waals surface area contributed by atoms with Crippen LogP contribution >= 0.6 is 34.4 Å². The second-order valence-corrected chi connectivity index (χ2v) is 4.47. The fraction of sp³-hybridized carbons (Fsp3) is 0.800. The van der Waals surface area contributed by atoms with E-state index < -0.39 is 12.0 Å². The summed E-state index contributed by atoms with van der Waals surface area (Å²) in [5, 5.41) is 8.54. The molecule has 0 saturated carbocycles. The zero-order valence-electron chi connectivity index (χ0n) is 6.11. The van der Waals surface area contributed by atoms with Gasteiger partial charge in [-0.1, -0.05) is 17.7 Å². The Balaban J connectivity index is 3.44. The Morgan fingerprint density at radius 2 is 2.45 bits per heavy atom. The lowest BCUT2D eigenvalue weighted by molar-refractivity contribution is -0.138. The zero-order chi connectivity index (χ0) is 8.69. The van der Waals surface area contributed by atoms with Crippen molar-refractivity contribution in [3.05, 3.63) is 0 Å². The van der Waals surface area contributed by atoms with Crippen LogP contribution in [-0.4, -0.2) is 28.6 Å². The average molecular weight is 213 g/mol. The largest absolute Gasteiger partial charge is 0.480 e. The molecule has 0 amide bonds. The molecule has 0 fully saturated rings. The normalized spacial score (nSPS) is 12.9. The SMILES string of the molecule is CCSSNC(CS)C(=O)O. The van der Waals surface area contributed by atoms with Gasteiger partial charge in [0.2, 0.25) is 0 Å². The van der Waals surface area contributed by atoms with Crippen LogP contribution in [0, 0.1) is 0 Å². The van der Waals surface area contributed by atoms with E-state index in [1.165, 1.54) is 11.0 Å². The van der Waals surface area contributed by atoms with Crippen LogP contribution in [0.2, 0.25) is 0 Å². The number of rotatable bonds is 6. The highest BCUT2D eigenvalue weighted by molar-refractivity contribution is 8.76. The van der Waals surface area contributed by atoms with E-state index in [9.17, 15) is 4.79 Å². The van der Waals surface area contributed by atoms with Gasteiger partial charge in [0.1, 0.15) is 6.04 Å². The van der Waals surface area contributed by atoms with Gasteiger partial charge in [0.25, 0.3) is 0 Å². The summed E-state index contributed by atoms with van der Waals surface area (Å²) in [6.07, 6.45) is 0. The van der Waals surface area contributed by atoms with E-state index in [1.54, 1.807) is 10.8 Å². The Hall–Kier alpha value is 0.480. The highest BCUT2D eigenvalue weighted by Gasteiger charge is 2.13. The number of aliphatic carboxylic acids is 1. The molecule has 0 aliphatic carbocycles. The highest BCUT2D eigenvalue weighted by Crippen LogP contribution is 2.16. The smallest absolute Gasteiger partial charge is 0.322 e. The maximum absolute atomic E-state index is 10.4. The summed E-state index contributed by atoms with van der Waals surface area (Å²) in [5.74, 6) is 0.410. The van der Waals surface area contributed by atoms with Crippen molar-refractivity contribution in [1.82, 2.24) is 4.72 Å². The van der Waals surface area contributed by atoms with Crippen LogP contribution in [0.4, 0.5) is 0 Å². The lowest BCUT2D eigenvalue weighted by Gasteiger charge is -2.08. The van der Waals surface area contributed by atoms with Gasteiger partial charge in [-0.2, -0.15) is 12.6 Å². The van der Waals surface area contributed by atoms with Gasteiger partial charge in [0, 0.05) is 11.5 Å². The fourth-order valence-corrected chi connectivity index (χ4v) is 2.08. The summed E-state index contributed by atoms with van der Waals surface area (Å²) in [4.78, 5) is 10.4. The molecule has 0 rings (SSSR count). The first-order valence-electron chi connectivity index (χ1n) is 3.10. The second-order valence-electron chi connectivity index (χ2n) is 1.68. The van der Waals surface area contributed by atoms with Crippen molar-refractivity contribution in [3.8, 4) is 0 Å². The first-order valence-corrected chi connectivity index (χ1v) is 6.05. The molecule has 6 heteroatoms. The van der Waals surface area contributed by atoms with Crippen molar-refractivity contribution in [2.45, 2.75) is 13.0 Å². The van der Waals surface area contributed by atoms with Crippen LogP contribution in [-0.2, 0) is 4.79 Å². The molecule has 3 nitrogen and oxygen atoms in total. The number of nitrogens with one attached hydrogen (secondary N) is 1. The molecule has 0 aromatic carbocycles. The molecule has 0 bridgehead atoms. The van der Waals surface area contributed by atoms with Crippen LogP contribution in [0.25, 0.3) is 0 Å². The van der Waals surface area contributed by atoms with Gasteiger partial charge < -0.3 is 5.11 Å². The number of carboxylic acids is 1. The lowest BCUT2D eigenvalue weighted by atomic mass is 10.4. The lowest BCUT2D eigenvalue weighted by Crippen LogP contribution is -2.33. The fourth-order valence-electron chi connectivity index (χ4n) is 0.317. The van der Waals surface area contributed by atoms with Crippen molar-refractivity contribution < 1.29 is 9.90 Å². The number of carbonyl (C=O) groups is 1. The van der Waals surface area contributed by atoms with Gasteiger partial charge in [-0.3, -0.25) is 4.79 Å². The van der Waals surface area contributed by atoms with Crippen molar-refractivity contribution in [2.75, 3.05) is 11.5 Å². The van der Waals surface area contributed by atoms with E-state index in [2.05, 4.69) is 17.4 Å². The molecule has 0 spiro atoms.